The number of rotatable bonds is 4. The molecule has 2 aliphatic heterocycles. The van der Waals surface area contributed by atoms with Crippen molar-refractivity contribution in [2.45, 2.75) is 65.1 Å². The molecule has 0 aromatic heterocycles. The summed E-state index contributed by atoms with van der Waals surface area (Å²) in [6.45, 7) is 7.08. The van der Waals surface area contributed by atoms with Crippen molar-refractivity contribution >= 4 is 17.7 Å². The third-order valence-corrected chi connectivity index (χ3v) is 4.77. The van der Waals surface area contributed by atoms with E-state index in [4.69, 9.17) is 9.47 Å². The Bertz CT molecular complexity index is 453. The number of Topliss-reactive ketones (excluding diaryl/α,β-unsaturated/α-hetero) is 1. The molecule has 0 aromatic carbocycles. The van der Waals surface area contributed by atoms with Gasteiger partial charge in [-0.1, -0.05) is 20.8 Å². The monoisotopic (exact) mass is 282 g/mol. The van der Waals surface area contributed by atoms with Crippen molar-refractivity contribution in [2.24, 2.45) is 11.3 Å². The molecule has 1 aliphatic carbocycles. The van der Waals surface area contributed by atoms with Gasteiger partial charge >= 0.3 is 11.9 Å². The van der Waals surface area contributed by atoms with Gasteiger partial charge in [0.1, 0.15) is 11.7 Å². The number of ketones is 1. The Labute approximate surface area is 119 Å². The quantitative estimate of drug-likeness (QED) is 0.583. The lowest BCUT2D eigenvalue weighted by Gasteiger charge is -2.47. The van der Waals surface area contributed by atoms with Crippen LogP contribution >= 0.6 is 0 Å². The zero-order chi connectivity index (χ0) is 15.1. The third-order valence-electron chi connectivity index (χ3n) is 4.77. The van der Waals surface area contributed by atoms with Gasteiger partial charge < -0.3 is 9.47 Å². The van der Waals surface area contributed by atoms with Crippen LogP contribution in [0.4, 0.5) is 0 Å². The molecule has 0 aromatic rings. The molecule has 5 heteroatoms. The van der Waals surface area contributed by atoms with Crippen molar-refractivity contribution in [3.05, 3.63) is 0 Å². The van der Waals surface area contributed by atoms with E-state index >= 15 is 0 Å². The molecule has 3 unspecified atom stereocenters. The molecule has 5 nitrogen and oxygen atoms in total. The van der Waals surface area contributed by atoms with Gasteiger partial charge in [0.05, 0.1) is 5.92 Å². The minimum absolute atomic E-state index is 0.205. The lowest BCUT2D eigenvalue weighted by Crippen LogP contribution is -2.57. The molecule has 3 fully saturated rings. The standard InChI is InChI=1S/C15H22O5/c1-5-14(2,3)11(16)13(18)19-10-8-9-6-7-15(10,4)20-12(9)17/h9-10H,5-8H2,1-4H3. The zero-order valence-corrected chi connectivity index (χ0v) is 12.5. The van der Waals surface area contributed by atoms with Crippen LogP contribution in [0.5, 0.6) is 0 Å². The van der Waals surface area contributed by atoms with Crippen molar-refractivity contribution in [2.75, 3.05) is 0 Å². The largest absolute Gasteiger partial charge is 0.455 e. The predicted molar refractivity (Wildman–Crippen MR) is 70.8 cm³/mol. The van der Waals surface area contributed by atoms with Crippen LogP contribution in [0.2, 0.25) is 0 Å². The van der Waals surface area contributed by atoms with Crippen molar-refractivity contribution in [3.63, 3.8) is 0 Å². The first-order valence-corrected chi connectivity index (χ1v) is 7.18. The Hall–Kier alpha value is -1.39. The molecule has 2 bridgehead atoms. The number of esters is 2. The van der Waals surface area contributed by atoms with E-state index < -0.39 is 28.9 Å². The van der Waals surface area contributed by atoms with E-state index in [2.05, 4.69) is 0 Å². The summed E-state index contributed by atoms with van der Waals surface area (Å²) in [4.78, 5) is 35.7. The summed E-state index contributed by atoms with van der Waals surface area (Å²) in [5.74, 6) is -1.75. The average Bonchev–Trinajstić information content (AvgIpc) is 2.39. The smallest absolute Gasteiger partial charge is 0.375 e. The zero-order valence-electron chi connectivity index (χ0n) is 12.5. The van der Waals surface area contributed by atoms with Crippen molar-refractivity contribution in [1.29, 1.82) is 0 Å². The highest BCUT2D eigenvalue weighted by Gasteiger charge is 2.53. The van der Waals surface area contributed by atoms with Crippen LogP contribution < -0.4 is 0 Å². The van der Waals surface area contributed by atoms with E-state index in [1.165, 1.54) is 0 Å². The first-order valence-electron chi connectivity index (χ1n) is 7.18. The van der Waals surface area contributed by atoms with E-state index in [1.807, 2.05) is 6.92 Å². The molecule has 0 amide bonds. The maximum Gasteiger partial charge on any atom is 0.375 e. The second-order valence-electron chi connectivity index (χ2n) is 6.67. The Morgan fingerprint density at radius 3 is 2.60 bits per heavy atom. The Kier molecular flexibility index (Phi) is 3.65. The molecule has 112 valence electrons. The second kappa shape index (κ2) is 4.86. The number of carbonyl (C=O) groups is 3. The summed E-state index contributed by atoms with van der Waals surface area (Å²) in [6.07, 6.45) is 1.95. The highest BCUT2D eigenvalue weighted by Crippen LogP contribution is 2.43. The lowest BCUT2D eigenvalue weighted by molar-refractivity contribution is -0.218. The highest BCUT2D eigenvalue weighted by atomic mass is 16.6. The topological polar surface area (TPSA) is 69.7 Å². The number of fused-ring (bicyclic) bond motifs is 3. The summed E-state index contributed by atoms with van der Waals surface area (Å²) in [5.41, 5.74) is -1.50. The molecule has 0 radical (unpaired) electrons. The van der Waals surface area contributed by atoms with Crippen LogP contribution in [0.25, 0.3) is 0 Å². The third kappa shape index (κ3) is 2.45. The van der Waals surface area contributed by atoms with Crippen LogP contribution in [0, 0.1) is 11.3 Å². The minimum atomic E-state index is -0.813. The Morgan fingerprint density at radius 1 is 1.45 bits per heavy atom. The number of hydrogen-bond donors (Lipinski definition) is 0. The van der Waals surface area contributed by atoms with Crippen molar-refractivity contribution in [1.82, 2.24) is 0 Å². The fraction of sp³-hybridized carbons (Fsp3) is 0.800. The maximum absolute atomic E-state index is 12.1. The summed E-state index contributed by atoms with van der Waals surface area (Å²) in [6, 6.07) is 0. The van der Waals surface area contributed by atoms with Gasteiger partial charge in [-0.2, -0.15) is 0 Å². The normalized spacial score (nSPS) is 32.7. The second-order valence-corrected chi connectivity index (χ2v) is 6.67. The Morgan fingerprint density at radius 2 is 2.10 bits per heavy atom. The molecule has 2 saturated heterocycles. The maximum atomic E-state index is 12.1. The van der Waals surface area contributed by atoms with Crippen molar-refractivity contribution in [3.8, 4) is 0 Å². The molecule has 3 aliphatic rings. The molecule has 2 heterocycles. The molecular formula is C15H22O5. The lowest BCUT2D eigenvalue weighted by atomic mass is 9.74. The highest BCUT2D eigenvalue weighted by molar-refractivity contribution is 6.35. The van der Waals surface area contributed by atoms with Gasteiger partial charge in [0, 0.05) is 11.8 Å². The molecule has 1 saturated carbocycles. The van der Waals surface area contributed by atoms with Gasteiger partial charge in [0.2, 0.25) is 5.78 Å². The number of hydrogen-bond acceptors (Lipinski definition) is 5. The van der Waals surface area contributed by atoms with E-state index in [9.17, 15) is 14.4 Å². The van der Waals surface area contributed by atoms with Gasteiger partial charge in [-0.05, 0) is 26.2 Å². The SMILES string of the molecule is CCC(C)(C)C(=O)C(=O)OC1CC2CCC1(C)OC2=O. The fourth-order valence-corrected chi connectivity index (χ4v) is 2.68. The van der Waals surface area contributed by atoms with Crippen molar-refractivity contribution < 1.29 is 23.9 Å². The van der Waals surface area contributed by atoms with E-state index in [0.29, 0.717) is 19.3 Å². The van der Waals surface area contributed by atoms with Gasteiger partial charge in [-0.15, -0.1) is 0 Å². The van der Waals surface area contributed by atoms with E-state index in [0.717, 1.165) is 6.42 Å². The van der Waals surface area contributed by atoms with Crippen LogP contribution in [0.3, 0.4) is 0 Å². The molecule has 20 heavy (non-hydrogen) atoms. The van der Waals surface area contributed by atoms with E-state index in [-0.39, 0.29) is 11.9 Å². The molecular weight excluding hydrogens is 260 g/mol. The van der Waals surface area contributed by atoms with Gasteiger partial charge in [-0.25, -0.2) is 4.79 Å². The van der Waals surface area contributed by atoms with Crippen LogP contribution in [0.1, 0.15) is 53.4 Å². The fourth-order valence-electron chi connectivity index (χ4n) is 2.68. The molecule has 3 rings (SSSR count). The van der Waals surface area contributed by atoms with Crippen LogP contribution in [-0.2, 0) is 23.9 Å². The molecule has 0 N–H and O–H groups in total. The van der Waals surface area contributed by atoms with Gasteiger partial charge in [0.25, 0.3) is 0 Å². The summed E-state index contributed by atoms with van der Waals surface area (Å²) in [5, 5.41) is 0. The summed E-state index contributed by atoms with van der Waals surface area (Å²) in [7, 11) is 0. The molecule has 0 spiro atoms. The Balaban J connectivity index is 2.06. The average molecular weight is 282 g/mol. The first kappa shape index (κ1) is 15.0. The van der Waals surface area contributed by atoms with Gasteiger partial charge in [-0.3, -0.25) is 9.59 Å². The molecule has 3 atom stereocenters. The van der Waals surface area contributed by atoms with E-state index in [1.54, 1.807) is 20.8 Å². The van der Waals surface area contributed by atoms with Crippen LogP contribution in [-0.4, -0.2) is 29.4 Å². The summed E-state index contributed by atoms with van der Waals surface area (Å²) < 4.78 is 10.7. The first-order chi connectivity index (χ1) is 9.19. The van der Waals surface area contributed by atoms with Crippen LogP contribution in [0.15, 0.2) is 0 Å². The van der Waals surface area contributed by atoms with Gasteiger partial charge in [0.15, 0.2) is 0 Å². The summed E-state index contributed by atoms with van der Waals surface area (Å²) >= 11 is 0. The number of carbonyl (C=O) groups excluding carboxylic acids is 3. The minimum Gasteiger partial charge on any atom is -0.455 e. The predicted octanol–water partition coefficient (Wildman–Crippen LogP) is 2.02. The number of ether oxygens (including phenoxy) is 2.